The molecule has 1 aromatic rings. The fraction of sp³-hybridized carbons (Fsp3) is 0.222. The first-order valence-corrected chi connectivity index (χ1v) is 5.49. The highest BCUT2D eigenvalue weighted by Crippen LogP contribution is 2.31. The van der Waals surface area contributed by atoms with E-state index in [1.165, 1.54) is 11.8 Å². The summed E-state index contributed by atoms with van der Waals surface area (Å²) in [5, 5.41) is 9.18. The second-order valence-electron chi connectivity index (χ2n) is 2.67. The summed E-state index contributed by atoms with van der Waals surface area (Å²) in [6.07, 6.45) is 1.85. The second-order valence-corrected chi connectivity index (χ2v) is 3.93. The Labute approximate surface area is 91.2 Å². The maximum Gasteiger partial charge on any atom is 0.325 e. The lowest BCUT2D eigenvalue weighted by atomic mass is 10.1. The molecule has 0 aliphatic heterocycles. The number of hydrogen-bond donors (Lipinski definition) is 2. The molecule has 1 atom stereocenters. The van der Waals surface area contributed by atoms with Crippen LogP contribution < -0.4 is 5.73 Å². The van der Waals surface area contributed by atoms with Gasteiger partial charge in [-0.25, -0.2) is 0 Å². The van der Waals surface area contributed by atoms with E-state index in [4.69, 9.17) is 22.4 Å². The number of rotatable bonds is 3. The Morgan fingerprint density at radius 1 is 1.64 bits per heavy atom. The van der Waals surface area contributed by atoms with Gasteiger partial charge in [-0.3, -0.25) is 4.79 Å². The predicted octanol–water partition coefficient (Wildman–Crippen LogP) is 2.15. The number of nitrogens with two attached hydrogens (primary N) is 1. The van der Waals surface area contributed by atoms with Crippen LogP contribution in [0.5, 0.6) is 0 Å². The van der Waals surface area contributed by atoms with Crippen molar-refractivity contribution >= 4 is 29.3 Å². The molecule has 3 N–H and O–H groups in total. The van der Waals surface area contributed by atoms with E-state index in [2.05, 4.69) is 0 Å². The highest BCUT2D eigenvalue weighted by Gasteiger charge is 2.20. The number of benzene rings is 1. The van der Waals surface area contributed by atoms with Crippen LogP contribution in [0.25, 0.3) is 0 Å². The van der Waals surface area contributed by atoms with Gasteiger partial charge in [0.15, 0.2) is 0 Å². The molecule has 0 bridgehead atoms. The average Bonchev–Trinajstić information content (AvgIpc) is 2.16. The van der Waals surface area contributed by atoms with E-state index in [9.17, 15) is 4.79 Å². The van der Waals surface area contributed by atoms with Gasteiger partial charge >= 0.3 is 5.97 Å². The van der Waals surface area contributed by atoms with E-state index in [1.807, 2.05) is 6.26 Å². The number of halogens is 1. The van der Waals surface area contributed by atoms with Crippen LogP contribution in [0.1, 0.15) is 11.6 Å². The van der Waals surface area contributed by atoms with E-state index >= 15 is 0 Å². The number of thioether (sulfide) groups is 1. The fourth-order valence-electron chi connectivity index (χ4n) is 1.12. The molecule has 0 heterocycles. The van der Waals surface area contributed by atoms with Crippen molar-refractivity contribution in [2.75, 3.05) is 6.26 Å². The molecule has 0 aliphatic rings. The molecular formula is C9H10ClNO2S. The summed E-state index contributed by atoms with van der Waals surface area (Å²) in [4.78, 5) is 11.5. The van der Waals surface area contributed by atoms with Gasteiger partial charge in [0, 0.05) is 15.5 Å². The Kier molecular flexibility index (Phi) is 3.80. The molecule has 0 radical (unpaired) electrons. The number of carboxylic acid groups (broad SMARTS) is 1. The SMILES string of the molecule is CSc1cccc(Cl)c1C(N)C(=O)O. The second kappa shape index (κ2) is 4.68. The van der Waals surface area contributed by atoms with Crippen molar-refractivity contribution in [2.45, 2.75) is 10.9 Å². The molecule has 1 unspecified atom stereocenters. The first-order valence-electron chi connectivity index (χ1n) is 3.88. The molecule has 0 amide bonds. The van der Waals surface area contributed by atoms with Gasteiger partial charge in [0.25, 0.3) is 0 Å². The summed E-state index contributed by atoms with van der Waals surface area (Å²) in [6, 6.07) is 4.14. The van der Waals surface area contributed by atoms with Crippen molar-refractivity contribution < 1.29 is 9.90 Å². The van der Waals surface area contributed by atoms with Crippen LogP contribution in [-0.4, -0.2) is 17.3 Å². The van der Waals surface area contributed by atoms with Gasteiger partial charge in [-0.05, 0) is 18.4 Å². The Balaban J connectivity index is 3.23. The number of hydrogen-bond acceptors (Lipinski definition) is 3. The van der Waals surface area contributed by atoms with E-state index in [1.54, 1.807) is 18.2 Å². The van der Waals surface area contributed by atoms with Crippen LogP contribution >= 0.6 is 23.4 Å². The number of carbonyl (C=O) groups is 1. The first kappa shape index (κ1) is 11.4. The van der Waals surface area contributed by atoms with Gasteiger partial charge in [-0.15, -0.1) is 11.8 Å². The smallest absolute Gasteiger partial charge is 0.325 e. The van der Waals surface area contributed by atoms with Crippen LogP contribution in [0, 0.1) is 0 Å². The molecular weight excluding hydrogens is 222 g/mol. The van der Waals surface area contributed by atoms with Crippen LogP contribution in [0.3, 0.4) is 0 Å². The van der Waals surface area contributed by atoms with Crippen molar-refractivity contribution in [3.05, 3.63) is 28.8 Å². The third-order valence-corrected chi connectivity index (χ3v) is 2.94. The van der Waals surface area contributed by atoms with Gasteiger partial charge in [0.05, 0.1) is 0 Å². The molecule has 76 valence electrons. The maximum absolute atomic E-state index is 10.7. The number of aliphatic carboxylic acids is 1. The Hall–Kier alpha value is -0.710. The van der Waals surface area contributed by atoms with Gasteiger partial charge in [-0.1, -0.05) is 17.7 Å². The van der Waals surface area contributed by atoms with Crippen LogP contribution in [0.15, 0.2) is 23.1 Å². The summed E-state index contributed by atoms with van der Waals surface area (Å²) in [5.74, 6) is -1.08. The van der Waals surface area contributed by atoms with Crippen molar-refractivity contribution in [3.63, 3.8) is 0 Å². The molecule has 0 spiro atoms. The van der Waals surface area contributed by atoms with Gasteiger partial charge in [0.1, 0.15) is 6.04 Å². The molecule has 14 heavy (non-hydrogen) atoms. The zero-order valence-corrected chi connectivity index (χ0v) is 9.10. The highest BCUT2D eigenvalue weighted by molar-refractivity contribution is 7.98. The third kappa shape index (κ3) is 2.20. The topological polar surface area (TPSA) is 63.3 Å². The van der Waals surface area contributed by atoms with Crippen molar-refractivity contribution in [1.82, 2.24) is 0 Å². The quantitative estimate of drug-likeness (QED) is 0.783. The molecule has 0 aromatic heterocycles. The van der Waals surface area contributed by atoms with Crippen molar-refractivity contribution in [1.29, 1.82) is 0 Å². The molecule has 0 fully saturated rings. The summed E-state index contributed by atoms with van der Waals surface area (Å²) >= 11 is 7.32. The minimum absolute atomic E-state index is 0.395. The summed E-state index contributed by atoms with van der Waals surface area (Å²) in [5.41, 5.74) is 6.00. The maximum atomic E-state index is 10.7. The lowest BCUT2D eigenvalue weighted by Gasteiger charge is -2.12. The largest absolute Gasteiger partial charge is 0.480 e. The molecule has 0 saturated carbocycles. The van der Waals surface area contributed by atoms with E-state index < -0.39 is 12.0 Å². The lowest BCUT2D eigenvalue weighted by molar-refractivity contribution is -0.138. The molecule has 1 rings (SSSR count). The van der Waals surface area contributed by atoms with E-state index in [0.717, 1.165) is 4.90 Å². The molecule has 0 aliphatic carbocycles. The molecule has 1 aromatic carbocycles. The van der Waals surface area contributed by atoms with Gasteiger partial charge in [0.2, 0.25) is 0 Å². The summed E-state index contributed by atoms with van der Waals surface area (Å²) < 4.78 is 0. The fourth-order valence-corrected chi connectivity index (χ4v) is 2.14. The minimum atomic E-state index is -1.08. The van der Waals surface area contributed by atoms with Crippen LogP contribution in [0.2, 0.25) is 5.02 Å². The third-order valence-electron chi connectivity index (χ3n) is 1.81. The lowest BCUT2D eigenvalue weighted by Crippen LogP contribution is -2.21. The monoisotopic (exact) mass is 231 g/mol. The van der Waals surface area contributed by atoms with Crippen LogP contribution in [-0.2, 0) is 4.79 Å². The Bertz CT molecular complexity index is 357. The number of carboxylic acids is 1. The normalized spacial score (nSPS) is 12.5. The molecule has 3 nitrogen and oxygen atoms in total. The zero-order valence-electron chi connectivity index (χ0n) is 7.53. The predicted molar refractivity (Wildman–Crippen MR) is 57.8 cm³/mol. The Morgan fingerprint density at radius 3 is 2.79 bits per heavy atom. The summed E-state index contributed by atoms with van der Waals surface area (Å²) in [7, 11) is 0. The Morgan fingerprint density at radius 2 is 2.29 bits per heavy atom. The average molecular weight is 232 g/mol. The van der Waals surface area contributed by atoms with Gasteiger partial charge in [-0.2, -0.15) is 0 Å². The van der Waals surface area contributed by atoms with Crippen molar-refractivity contribution in [3.8, 4) is 0 Å². The van der Waals surface area contributed by atoms with E-state index in [-0.39, 0.29) is 0 Å². The van der Waals surface area contributed by atoms with Crippen LogP contribution in [0.4, 0.5) is 0 Å². The highest BCUT2D eigenvalue weighted by atomic mass is 35.5. The van der Waals surface area contributed by atoms with E-state index in [0.29, 0.717) is 10.6 Å². The standard InChI is InChI=1S/C9H10ClNO2S/c1-14-6-4-2-3-5(10)7(6)8(11)9(12)13/h2-4,8H,11H2,1H3,(H,12,13). The molecule has 5 heteroatoms. The first-order chi connectivity index (χ1) is 6.57. The minimum Gasteiger partial charge on any atom is -0.480 e. The molecule has 0 saturated heterocycles. The summed E-state index contributed by atoms with van der Waals surface area (Å²) in [6.45, 7) is 0. The van der Waals surface area contributed by atoms with Gasteiger partial charge < -0.3 is 10.8 Å². The zero-order chi connectivity index (χ0) is 10.7. The van der Waals surface area contributed by atoms with Crippen molar-refractivity contribution in [2.24, 2.45) is 5.73 Å².